The number of ether oxygens (including phenoxy) is 2. The highest BCUT2D eigenvalue weighted by Crippen LogP contribution is 2.34. The summed E-state index contributed by atoms with van der Waals surface area (Å²) in [7, 11) is 1.31. The molecule has 7 heteroatoms. The molecule has 0 aliphatic carbocycles. The summed E-state index contributed by atoms with van der Waals surface area (Å²) < 4.78 is 16.1. The van der Waals surface area contributed by atoms with E-state index in [1.165, 1.54) is 18.4 Å². The second kappa shape index (κ2) is 7.21. The number of anilines is 1. The van der Waals surface area contributed by atoms with Gasteiger partial charge in [-0.3, -0.25) is 4.79 Å². The highest BCUT2D eigenvalue weighted by Gasteiger charge is 2.23. The van der Waals surface area contributed by atoms with Crippen molar-refractivity contribution in [1.82, 2.24) is 0 Å². The van der Waals surface area contributed by atoms with Gasteiger partial charge in [-0.05, 0) is 38.5 Å². The summed E-state index contributed by atoms with van der Waals surface area (Å²) >= 11 is 1.33. The molecule has 0 radical (unpaired) electrons. The predicted molar refractivity (Wildman–Crippen MR) is 100 cm³/mol. The molecule has 3 aromatic rings. The highest BCUT2D eigenvalue weighted by atomic mass is 32.1. The van der Waals surface area contributed by atoms with Crippen molar-refractivity contribution in [3.05, 3.63) is 46.0 Å². The Morgan fingerprint density at radius 2 is 2.04 bits per heavy atom. The quantitative estimate of drug-likeness (QED) is 0.664. The number of carbonyl (C=O) groups is 2. The maximum Gasteiger partial charge on any atom is 0.341 e. The van der Waals surface area contributed by atoms with Crippen LogP contribution in [0.3, 0.4) is 0 Å². The van der Waals surface area contributed by atoms with Crippen molar-refractivity contribution in [2.75, 3.05) is 19.0 Å². The molecule has 26 heavy (non-hydrogen) atoms. The number of carbonyl (C=O) groups excluding carboxylic acids is 2. The molecule has 0 fully saturated rings. The Kier molecular flexibility index (Phi) is 4.99. The molecular formula is C19H19NO5S. The zero-order valence-corrected chi connectivity index (χ0v) is 15.8. The lowest BCUT2D eigenvalue weighted by atomic mass is 10.1. The van der Waals surface area contributed by atoms with Gasteiger partial charge < -0.3 is 19.2 Å². The average molecular weight is 373 g/mol. The Bertz CT molecular complexity index is 985. The number of furan rings is 1. The highest BCUT2D eigenvalue weighted by molar-refractivity contribution is 7.16. The standard InChI is InChI=1S/C19H19NO5S/c1-5-24-13-8-6-7-12-9-14(25-16(12)13)17(21)20-18-15(19(22)23-4)10(2)11(3)26-18/h6-9H,5H2,1-4H3,(H,20,21). The van der Waals surface area contributed by atoms with Gasteiger partial charge in [-0.2, -0.15) is 0 Å². The van der Waals surface area contributed by atoms with E-state index in [2.05, 4.69) is 5.32 Å². The van der Waals surface area contributed by atoms with Gasteiger partial charge in [0.05, 0.1) is 19.3 Å². The summed E-state index contributed by atoms with van der Waals surface area (Å²) in [4.78, 5) is 25.6. The van der Waals surface area contributed by atoms with Crippen LogP contribution in [0.1, 0.15) is 38.3 Å². The molecule has 0 spiro atoms. The first-order chi connectivity index (χ1) is 12.5. The van der Waals surface area contributed by atoms with Crippen molar-refractivity contribution in [2.45, 2.75) is 20.8 Å². The largest absolute Gasteiger partial charge is 0.490 e. The minimum Gasteiger partial charge on any atom is -0.490 e. The van der Waals surface area contributed by atoms with E-state index in [0.29, 0.717) is 28.5 Å². The number of amides is 1. The molecule has 0 unspecified atom stereocenters. The van der Waals surface area contributed by atoms with Crippen LogP contribution in [0.15, 0.2) is 28.7 Å². The number of para-hydroxylation sites is 1. The number of fused-ring (bicyclic) bond motifs is 1. The third-order valence-corrected chi connectivity index (χ3v) is 5.16. The van der Waals surface area contributed by atoms with Gasteiger partial charge in [-0.1, -0.05) is 12.1 Å². The number of rotatable bonds is 5. The molecule has 2 aromatic heterocycles. The van der Waals surface area contributed by atoms with Gasteiger partial charge in [0.2, 0.25) is 0 Å². The van der Waals surface area contributed by atoms with E-state index in [0.717, 1.165) is 15.8 Å². The predicted octanol–water partition coefficient (Wildman–Crippen LogP) is 4.55. The summed E-state index contributed by atoms with van der Waals surface area (Å²) in [6.07, 6.45) is 0. The molecule has 0 bridgehead atoms. The Morgan fingerprint density at radius 1 is 1.27 bits per heavy atom. The van der Waals surface area contributed by atoms with Crippen LogP contribution in [0, 0.1) is 13.8 Å². The first kappa shape index (κ1) is 18.0. The van der Waals surface area contributed by atoms with Gasteiger partial charge in [-0.15, -0.1) is 11.3 Å². The Hall–Kier alpha value is -2.80. The van der Waals surface area contributed by atoms with Crippen LogP contribution in [0.2, 0.25) is 0 Å². The van der Waals surface area contributed by atoms with Crippen LogP contribution in [-0.2, 0) is 4.74 Å². The van der Waals surface area contributed by atoms with E-state index in [9.17, 15) is 9.59 Å². The lowest BCUT2D eigenvalue weighted by Crippen LogP contribution is -2.13. The molecule has 1 N–H and O–H groups in total. The summed E-state index contributed by atoms with van der Waals surface area (Å²) in [5.41, 5.74) is 1.68. The van der Waals surface area contributed by atoms with Crippen molar-refractivity contribution in [2.24, 2.45) is 0 Å². The van der Waals surface area contributed by atoms with E-state index < -0.39 is 11.9 Å². The molecule has 2 heterocycles. The smallest absolute Gasteiger partial charge is 0.341 e. The number of thiophene rings is 1. The number of benzene rings is 1. The van der Waals surface area contributed by atoms with Gasteiger partial charge in [0.25, 0.3) is 5.91 Å². The van der Waals surface area contributed by atoms with E-state index in [4.69, 9.17) is 13.9 Å². The van der Waals surface area contributed by atoms with Crippen LogP contribution >= 0.6 is 11.3 Å². The molecule has 136 valence electrons. The lowest BCUT2D eigenvalue weighted by molar-refractivity contribution is 0.0601. The fourth-order valence-electron chi connectivity index (χ4n) is 2.64. The fourth-order valence-corrected chi connectivity index (χ4v) is 3.69. The monoisotopic (exact) mass is 373 g/mol. The van der Waals surface area contributed by atoms with Crippen molar-refractivity contribution in [1.29, 1.82) is 0 Å². The van der Waals surface area contributed by atoms with E-state index in [1.807, 2.05) is 32.9 Å². The minimum atomic E-state index is -0.481. The molecule has 0 saturated heterocycles. The van der Waals surface area contributed by atoms with Crippen LogP contribution in [0.25, 0.3) is 11.0 Å². The van der Waals surface area contributed by atoms with Crippen LogP contribution < -0.4 is 10.1 Å². The normalized spacial score (nSPS) is 10.8. The van der Waals surface area contributed by atoms with Gasteiger partial charge >= 0.3 is 5.97 Å². The second-order valence-corrected chi connectivity index (χ2v) is 6.88. The summed E-state index contributed by atoms with van der Waals surface area (Å²) in [5, 5.41) is 3.98. The van der Waals surface area contributed by atoms with Crippen molar-refractivity contribution < 1.29 is 23.5 Å². The third-order valence-electron chi connectivity index (χ3n) is 4.03. The fraction of sp³-hybridized carbons (Fsp3) is 0.263. The Labute approximate surface area is 154 Å². The number of aryl methyl sites for hydroxylation is 1. The number of nitrogens with one attached hydrogen (secondary N) is 1. The van der Waals surface area contributed by atoms with Crippen LogP contribution in [0.4, 0.5) is 5.00 Å². The van der Waals surface area contributed by atoms with Gasteiger partial charge in [0, 0.05) is 10.3 Å². The lowest BCUT2D eigenvalue weighted by Gasteiger charge is -2.05. The number of hydrogen-bond donors (Lipinski definition) is 1. The van der Waals surface area contributed by atoms with E-state index in [-0.39, 0.29) is 5.76 Å². The van der Waals surface area contributed by atoms with Crippen molar-refractivity contribution in [3.8, 4) is 5.75 Å². The van der Waals surface area contributed by atoms with Crippen LogP contribution in [-0.4, -0.2) is 25.6 Å². The molecule has 1 amide bonds. The first-order valence-electron chi connectivity index (χ1n) is 8.11. The number of esters is 1. The van der Waals surface area contributed by atoms with Gasteiger partial charge in [0.1, 0.15) is 5.00 Å². The van der Waals surface area contributed by atoms with E-state index in [1.54, 1.807) is 12.1 Å². The second-order valence-electron chi connectivity index (χ2n) is 5.65. The number of hydrogen-bond acceptors (Lipinski definition) is 6. The minimum absolute atomic E-state index is 0.145. The first-order valence-corrected chi connectivity index (χ1v) is 8.92. The molecule has 0 saturated carbocycles. The van der Waals surface area contributed by atoms with Gasteiger partial charge in [0.15, 0.2) is 17.1 Å². The SMILES string of the molecule is CCOc1cccc2cc(C(=O)Nc3sc(C)c(C)c3C(=O)OC)oc12. The third kappa shape index (κ3) is 3.17. The molecule has 6 nitrogen and oxygen atoms in total. The molecule has 0 aliphatic rings. The summed E-state index contributed by atoms with van der Waals surface area (Å²) in [6, 6.07) is 7.13. The molecule has 1 aromatic carbocycles. The van der Waals surface area contributed by atoms with Crippen molar-refractivity contribution in [3.63, 3.8) is 0 Å². The molecular weight excluding hydrogens is 354 g/mol. The Morgan fingerprint density at radius 3 is 2.73 bits per heavy atom. The topological polar surface area (TPSA) is 77.8 Å². The average Bonchev–Trinajstić information content (AvgIpc) is 3.17. The molecule has 0 atom stereocenters. The molecule has 0 aliphatic heterocycles. The zero-order valence-electron chi connectivity index (χ0n) is 15.0. The Balaban J connectivity index is 1.94. The maximum atomic E-state index is 12.6. The maximum absolute atomic E-state index is 12.6. The summed E-state index contributed by atoms with van der Waals surface area (Å²) in [6.45, 7) is 6.09. The zero-order chi connectivity index (χ0) is 18.8. The van der Waals surface area contributed by atoms with Crippen molar-refractivity contribution >= 4 is 39.2 Å². The van der Waals surface area contributed by atoms with Gasteiger partial charge in [-0.25, -0.2) is 4.79 Å². The number of methoxy groups -OCH3 is 1. The summed E-state index contributed by atoms with van der Waals surface area (Å²) in [5.74, 6) is -0.186. The van der Waals surface area contributed by atoms with Crippen LogP contribution in [0.5, 0.6) is 5.75 Å². The molecule has 3 rings (SSSR count). The van der Waals surface area contributed by atoms with E-state index >= 15 is 0 Å².